The molecule has 1 aromatic heterocycles. The molecule has 0 atom stereocenters. The Morgan fingerprint density at radius 1 is 1.16 bits per heavy atom. The zero-order valence-corrected chi connectivity index (χ0v) is 18.9. The standard InChI is InChI=1S/C20H22Cl2N4O4S/c21-16-11-17(22)18(31(28,29)25-14-1-2-14)10-15(16)20(27)24-12-13-3-4-23-19(9-13)26-5-7-30-8-6-26/h3-4,9-11,14,25H,1-2,5-8,12H2,(H,24,27). The van der Waals surface area contributed by atoms with Crippen molar-refractivity contribution in [3.05, 3.63) is 51.6 Å². The fourth-order valence-corrected chi connectivity index (χ4v) is 5.37. The molecule has 8 nitrogen and oxygen atoms in total. The average molecular weight is 485 g/mol. The van der Waals surface area contributed by atoms with Gasteiger partial charge in [-0.1, -0.05) is 23.2 Å². The second kappa shape index (κ2) is 9.30. The first kappa shape index (κ1) is 22.3. The van der Waals surface area contributed by atoms with Gasteiger partial charge in [0.2, 0.25) is 10.0 Å². The second-order valence-electron chi connectivity index (χ2n) is 7.46. The summed E-state index contributed by atoms with van der Waals surface area (Å²) in [6.45, 7) is 3.06. The third kappa shape index (κ3) is 5.48. The number of pyridine rings is 1. The van der Waals surface area contributed by atoms with Gasteiger partial charge in [0.25, 0.3) is 5.91 Å². The number of carbonyl (C=O) groups is 1. The van der Waals surface area contributed by atoms with E-state index in [-0.39, 0.29) is 33.1 Å². The van der Waals surface area contributed by atoms with E-state index in [4.69, 9.17) is 27.9 Å². The molecule has 166 valence electrons. The predicted octanol–water partition coefficient (Wildman–Crippen LogP) is 2.60. The van der Waals surface area contributed by atoms with E-state index >= 15 is 0 Å². The highest BCUT2D eigenvalue weighted by Crippen LogP contribution is 2.30. The first-order valence-corrected chi connectivity index (χ1v) is 12.1. The lowest BCUT2D eigenvalue weighted by Crippen LogP contribution is -2.36. The zero-order valence-electron chi connectivity index (χ0n) is 16.6. The predicted molar refractivity (Wildman–Crippen MR) is 118 cm³/mol. The van der Waals surface area contributed by atoms with Gasteiger partial charge in [-0.3, -0.25) is 4.79 Å². The lowest BCUT2D eigenvalue weighted by atomic mass is 10.2. The van der Waals surface area contributed by atoms with Crippen molar-refractivity contribution in [3.63, 3.8) is 0 Å². The molecular weight excluding hydrogens is 463 g/mol. The maximum Gasteiger partial charge on any atom is 0.253 e. The molecule has 4 rings (SSSR count). The SMILES string of the molecule is O=C(NCc1ccnc(N2CCOCC2)c1)c1cc(S(=O)(=O)NC2CC2)c(Cl)cc1Cl. The van der Waals surface area contributed by atoms with Crippen molar-refractivity contribution in [2.45, 2.75) is 30.3 Å². The fraction of sp³-hybridized carbons (Fsp3) is 0.400. The molecular formula is C20H22Cl2N4O4S. The minimum absolute atomic E-state index is 0.0287. The molecule has 1 saturated carbocycles. The number of hydrogen-bond donors (Lipinski definition) is 2. The van der Waals surface area contributed by atoms with Crippen LogP contribution in [0.2, 0.25) is 10.0 Å². The number of halogens is 2. The van der Waals surface area contributed by atoms with Crippen LogP contribution in [0.25, 0.3) is 0 Å². The molecule has 0 spiro atoms. The van der Waals surface area contributed by atoms with E-state index in [9.17, 15) is 13.2 Å². The highest BCUT2D eigenvalue weighted by molar-refractivity contribution is 7.89. The molecule has 11 heteroatoms. The Balaban J connectivity index is 1.48. The Morgan fingerprint density at radius 2 is 1.90 bits per heavy atom. The van der Waals surface area contributed by atoms with Gasteiger partial charge in [0.05, 0.1) is 28.8 Å². The largest absolute Gasteiger partial charge is 0.378 e. The fourth-order valence-electron chi connectivity index (χ4n) is 3.21. The van der Waals surface area contributed by atoms with Crippen molar-refractivity contribution >= 4 is 45.0 Å². The van der Waals surface area contributed by atoms with Gasteiger partial charge in [-0.15, -0.1) is 0 Å². The third-order valence-electron chi connectivity index (χ3n) is 5.05. The van der Waals surface area contributed by atoms with Crippen LogP contribution in [0.4, 0.5) is 5.82 Å². The lowest BCUT2D eigenvalue weighted by Gasteiger charge is -2.28. The highest BCUT2D eigenvalue weighted by Gasteiger charge is 2.30. The summed E-state index contributed by atoms with van der Waals surface area (Å²) in [5.74, 6) is 0.327. The van der Waals surface area contributed by atoms with Crippen molar-refractivity contribution < 1.29 is 17.9 Å². The second-order valence-corrected chi connectivity index (χ2v) is 9.96. The van der Waals surface area contributed by atoms with E-state index in [0.29, 0.717) is 13.2 Å². The van der Waals surface area contributed by atoms with Crippen molar-refractivity contribution in [2.75, 3.05) is 31.2 Å². The van der Waals surface area contributed by atoms with Crippen LogP contribution in [0.3, 0.4) is 0 Å². The van der Waals surface area contributed by atoms with E-state index in [1.807, 2.05) is 12.1 Å². The molecule has 2 aliphatic rings. The molecule has 1 aromatic carbocycles. The van der Waals surface area contributed by atoms with Crippen molar-refractivity contribution in [1.82, 2.24) is 15.0 Å². The van der Waals surface area contributed by atoms with Crippen LogP contribution in [0.1, 0.15) is 28.8 Å². The van der Waals surface area contributed by atoms with Crippen molar-refractivity contribution in [3.8, 4) is 0 Å². The van der Waals surface area contributed by atoms with Gasteiger partial charge in [-0.2, -0.15) is 0 Å². The molecule has 2 fully saturated rings. The number of sulfonamides is 1. The van der Waals surface area contributed by atoms with E-state index in [1.165, 1.54) is 12.1 Å². The molecule has 0 unspecified atom stereocenters. The molecule has 1 aliphatic carbocycles. The summed E-state index contributed by atoms with van der Waals surface area (Å²) in [5.41, 5.74) is 0.905. The number of aromatic nitrogens is 1. The van der Waals surface area contributed by atoms with Gasteiger partial charge in [-0.05, 0) is 42.7 Å². The molecule has 1 amide bonds. The lowest BCUT2D eigenvalue weighted by molar-refractivity contribution is 0.0951. The summed E-state index contributed by atoms with van der Waals surface area (Å²) >= 11 is 12.3. The summed E-state index contributed by atoms with van der Waals surface area (Å²) in [5, 5.41) is 2.84. The van der Waals surface area contributed by atoms with Gasteiger partial charge in [-0.25, -0.2) is 18.1 Å². The summed E-state index contributed by atoms with van der Waals surface area (Å²) in [6.07, 6.45) is 3.27. The van der Waals surface area contributed by atoms with E-state index in [2.05, 4.69) is 19.9 Å². The van der Waals surface area contributed by atoms with Crippen molar-refractivity contribution in [2.24, 2.45) is 0 Å². The number of nitrogens with one attached hydrogen (secondary N) is 2. The number of carbonyl (C=O) groups excluding carboxylic acids is 1. The van der Waals surface area contributed by atoms with E-state index in [1.54, 1.807) is 6.20 Å². The topological polar surface area (TPSA) is 101 Å². The molecule has 31 heavy (non-hydrogen) atoms. The van der Waals surface area contributed by atoms with Crippen molar-refractivity contribution in [1.29, 1.82) is 0 Å². The number of nitrogens with zero attached hydrogens (tertiary/aromatic N) is 2. The summed E-state index contributed by atoms with van der Waals surface area (Å²) in [4.78, 5) is 19.1. The van der Waals surface area contributed by atoms with Crippen LogP contribution in [-0.2, 0) is 21.3 Å². The minimum atomic E-state index is -3.83. The molecule has 2 N–H and O–H groups in total. The summed E-state index contributed by atoms with van der Waals surface area (Å²) in [7, 11) is -3.83. The van der Waals surface area contributed by atoms with Gasteiger partial charge < -0.3 is 15.0 Å². The maximum atomic E-state index is 12.8. The molecule has 1 saturated heterocycles. The van der Waals surface area contributed by atoms with Gasteiger partial charge >= 0.3 is 0 Å². The summed E-state index contributed by atoms with van der Waals surface area (Å²) < 4.78 is 33.1. The minimum Gasteiger partial charge on any atom is -0.378 e. The van der Waals surface area contributed by atoms with Gasteiger partial charge in [0.1, 0.15) is 10.7 Å². The van der Waals surface area contributed by atoms with Gasteiger partial charge in [0, 0.05) is 31.9 Å². The van der Waals surface area contributed by atoms with Gasteiger partial charge in [0.15, 0.2) is 0 Å². The third-order valence-corrected chi connectivity index (χ3v) is 7.35. The quantitative estimate of drug-likeness (QED) is 0.626. The molecule has 2 heterocycles. The number of benzene rings is 1. The average Bonchev–Trinajstić information content (AvgIpc) is 3.56. The molecule has 0 radical (unpaired) electrons. The number of amides is 1. The number of rotatable bonds is 7. The van der Waals surface area contributed by atoms with E-state index in [0.717, 1.165) is 37.3 Å². The molecule has 2 aromatic rings. The Bertz CT molecular complexity index is 1090. The van der Waals surface area contributed by atoms with Crippen LogP contribution in [-0.4, -0.2) is 51.7 Å². The van der Waals surface area contributed by atoms with Crippen LogP contribution >= 0.6 is 23.2 Å². The van der Waals surface area contributed by atoms with E-state index < -0.39 is 15.9 Å². The normalized spacial score (nSPS) is 16.9. The highest BCUT2D eigenvalue weighted by atomic mass is 35.5. The molecule has 0 bridgehead atoms. The Hall–Kier alpha value is -1.91. The van der Waals surface area contributed by atoms with Crippen LogP contribution in [0.5, 0.6) is 0 Å². The zero-order chi connectivity index (χ0) is 22.0. The number of hydrogen-bond acceptors (Lipinski definition) is 6. The first-order chi connectivity index (χ1) is 14.8. The smallest absolute Gasteiger partial charge is 0.253 e. The Morgan fingerprint density at radius 3 is 2.61 bits per heavy atom. The Kier molecular flexibility index (Phi) is 6.68. The molecule has 1 aliphatic heterocycles. The number of ether oxygens (including phenoxy) is 1. The summed E-state index contributed by atoms with van der Waals surface area (Å²) in [6, 6.07) is 6.13. The number of morpholine rings is 1. The van der Waals surface area contributed by atoms with Crippen LogP contribution in [0.15, 0.2) is 35.4 Å². The Labute approximate surface area is 190 Å². The monoisotopic (exact) mass is 484 g/mol. The van der Waals surface area contributed by atoms with Crippen LogP contribution < -0.4 is 14.9 Å². The first-order valence-electron chi connectivity index (χ1n) is 9.91. The van der Waals surface area contributed by atoms with Crippen LogP contribution in [0, 0.1) is 0 Å². The number of anilines is 1. The maximum absolute atomic E-state index is 12.8.